The van der Waals surface area contributed by atoms with Crippen molar-refractivity contribution in [3.8, 4) is 0 Å². The van der Waals surface area contributed by atoms with Gasteiger partial charge in [0.15, 0.2) is 0 Å². The number of hydrogen-bond acceptors (Lipinski definition) is 6. The molecular formula is C21H22N4O3S. The average molecular weight is 410 g/mol. The Morgan fingerprint density at radius 2 is 2.00 bits per heavy atom. The molecule has 150 valence electrons. The largest absolute Gasteiger partial charge is 0.378 e. The Kier molecular flexibility index (Phi) is 4.81. The van der Waals surface area contributed by atoms with Gasteiger partial charge in [0.1, 0.15) is 4.83 Å². The number of nitrogens with one attached hydrogen (secondary N) is 2. The number of nitrogens with zero attached hydrogens (tertiary/aromatic N) is 2. The summed E-state index contributed by atoms with van der Waals surface area (Å²) in [6.45, 7) is 3.67. The molecule has 0 spiro atoms. The van der Waals surface area contributed by atoms with Crippen LogP contribution in [0.15, 0.2) is 29.1 Å². The van der Waals surface area contributed by atoms with Crippen molar-refractivity contribution in [3.63, 3.8) is 0 Å². The lowest BCUT2D eigenvalue weighted by Gasteiger charge is -2.28. The number of amides is 1. The molecule has 2 aromatic heterocycles. The number of ether oxygens (including phenoxy) is 1. The number of fused-ring (bicyclic) bond motifs is 3. The van der Waals surface area contributed by atoms with E-state index in [9.17, 15) is 9.59 Å². The molecule has 7 nitrogen and oxygen atoms in total. The molecule has 3 heterocycles. The second kappa shape index (κ2) is 7.61. The van der Waals surface area contributed by atoms with Gasteiger partial charge in [0.2, 0.25) is 5.82 Å². The number of rotatable bonds is 4. The Bertz CT molecular complexity index is 1110. The van der Waals surface area contributed by atoms with Crippen LogP contribution < -0.4 is 15.8 Å². The molecular weight excluding hydrogens is 388 g/mol. The highest BCUT2D eigenvalue weighted by atomic mass is 32.1. The van der Waals surface area contributed by atoms with E-state index >= 15 is 0 Å². The molecule has 1 aliphatic heterocycles. The normalized spacial score (nSPS) is 16.2. The van der Waals surface area contributed by atoms with E-state index in [4.69, 9.17) is 4.74 Å². The molecule has 2 aliphatic rings. The van der Waals surface area contributed by atoms with Crippen LogP contribution in [0.2, 0.25) is 0 Å². The maximum absolute atomic E-state index is 12.5. The molecule has 0 atom stereocenters. The topological polar surface area (TPSA) is 87.3 Å². The van der Waals surface area contributed by atoms with Crippen molar-refractivity contribution in [3.05, 3.63) is 56.4 Å². The van der Waals surface area contributed by atoms with Crippen molar-refractivity contribution in [2.45, 2.75) is 25.8 Å². The second-order valence-corrected chi connectivity index (χ2v) is 8.48. The van der Waals surface area contributed by atoms with Crippen molar-refractivity contribution >= 4 is 33.1 Å². The molecule has 0 saturated carbocycles. The molecule has 1 amide bonds. The molecule has 0 unspecified atom stereocenters. The number of hydrogen-bond donors (Lipinski definition) is 2. The first-order valence-corrected chi connectivity index (χ1v) is 10.7. The van der Waals surface area contributed by atoms with E-state index in [1.54, 1.807) is 0 Å². The van der Waals surface area contributed by atoms with Crippen molar-refractivity contribution in [2.24, 2.45) is 0 Å². The fraction of sp³-hybridized carbons (Fsp3) is 0.381. The van der Waals surface area contributed by atoms with Gasteiger partial charge in [0.25, 0.3) is 11.5 Å². The quantitative estimate of drug-likeness (QED) is 0.689. The maximum atomic E-state index is 12.5. The van der Waals surface area contributed by atoms with Gasteiger partial charge < -0.3 is 19.9 Å². The summed E-state index contributed by atoms with van der Waals surface area (Å²) >= 11 is 1.54. The first-order chi connectivity index (χ1) is 14.2. The molecule has 1 aliphatic carbocycles. The lowest BCUT2D eigenvalue weighted by molar-refractivity contribution is 0.0940. The van der Waals surface area contributed by atoms with Crippen molar-refractivity contribution < 1.29 is 9.53 Å². The molecule has 1 aromatic carbocycles. The molecule has 0 bridgehead atoms. The van der Waals surface area contributed by atoms with E-state index in [0.29, 0.717) is 16.8 Å². The van der Waals surface area contributed by atoms with Crippen LogP contribution in [0.5, 0.6) is 0 Å². The van der Waals surface area contributed by atoms with E-state index in [-0.39, 0.29) is 17.3 Å². The smallest absolute Gasteiger partial charge is 0.287 e. The Labute approximate surface area is 171 Å². The number of thiophene rings is 1. The molecule has 0 radical (unpaired) electrons. The molecule has 2 N–H and O–H groups in total. The molecule has 29 heavy (non-hydrogen) atoms. The van der Waals surface area contributed by atoms with E-state index in [1.165, 1.54) is 16.2 Å². The predicted molar refractivity (Wildman–Crippen MR) is 113 cm³/mol. The van der Waals surface area contributed by atoms with Gasteiger partial charge in [0, 0.05) is 30.2 Å². The van der Waals surface area contributed by atoms with Gasteiger partial charge in [-0.3, -0.25) is 9.59 Å². The summed E-state index contributed by atoms with van der Waals surface area (Å²) in [5.74, 6) is -0.290. The summed E-state index contributed by atoms with van der Waals surface area (Å²) in [6.07, 6.45) is 3.01. The highest BCUT2D eigenvalue weighted by molar-refractivity contribution is 7.18. The summed E-state index contributed by atoms with van der Waals surface area (Å²) in [4.78, 5) is 36.3. The highest BCUT2D eigenvalue weighted by Gasteiger charge is 2.22. The summed E-state index contributed by atoms with van der Waals surface area (Å²) < 4.78 is 5.38. The number of aryl methyl sites for hydroxylation is 2. The van der Waals surface area contributed by atoms with Gasteiger partial charge in [-0.2, -0.15) is 0 Å². The molecule has 5 rings (SSSR count). The lowest BCUT2D eigenvalue weighted by atomic mass is 10.2. The third kappa shape index (κ3) is 3.54. The number of carbonyl (C=O) groups excluding carboxylic acids is 1. The minimum atomic E-state index is -0.366. The van der Waals surface area contributed by atoms with E-state index < -0.39 is 0 Å². The number of morpholine rings is 1. The highest BCUT2D eigenvalue weighted by Crippen LogP contribution is 2.34. The fourth-order valence-electron chi connectivity index (χ4n) is 4.02. The first-order valence-electron chi connectivity index (χ1n) is 9.93. The van der Waals surface area contributed by atoms with Crippen LogP contribution >= 0.6 is 11.3 Å². The van der Waals surface area contributed by atoms with Crippen LogP contribution in [0.3, 0.4) is 0 Å². The maximum Gasteiger partial charge on any atom is 0.287 e. The van der Waals surface area contributed by atoms with Gasteiger partial charge in [-0.1, -0.05) is 12.1 Å². The van der Waals surface area contributed by atoms with Crippen molar-refractivity contribution in [2.75, 3.05) is 31.2 Å². The number of benzene rings is 1. The molecule has 1 saturated heterocycles. The van der Waals surface area contributed by atoms with Gasteiger partial charge in [-0.15, -0.1) is 11.3 Å². The fourth-order valence-corrected chi connectivity index (χ4v) is 5.28. The number of anilines is 1. The van der Waals surface area contributed by atoms with Crippen molar-refractivity contribution in [1.29, 1.82) is 0 Å². The zero-order chi connectivity index (χ0) is 19.8. The number of aromatic nitrogens is 2. The van der Waals surface area contributed by atoms with E-state index in [2.05, 4.69) is 32.3 Å². The zero-order valence-corrected chi connectivity index (χ0v) is 16.8. The Hall–Kier alpha value is -2.71. The third-order valence-corrected chi connectivity index (χ3v) is 6.74. The van der Waals surface area contributed by atoms with Crippen LogP contribution in [0, 0.1) is 0 Å². The average Bonchev–Trinajstić information content (AvgIpc) is 3.34. The third-order valence-electron chi connectivity index (χ3n) is 5.56. The summed E-state index contributed by atoms with van der Waals surface area (Å²) in [6, 6.07) is 8.14. The van der Waals surface area contributed by atoms with E-state index in [0.717, 1.165) is 62.4 Å². The Balaban J connectivity index is 1.27. The minimum Gasteiger partial charge on any atom is -0.378 e. The molecule has 1 fully saturated rings. The van der Waals surface area contributed by atoms with Crippen LogP contribution in [-0.2, 0) is 24.1 Å². The predicted octanol–water partition coefficient (Wildman–Crippen LogP) is 2.24. The van der Waals surface area contributed by atoms with Gasteiger partial charge in [0.05, 0.1) is 18.6 Å². The number of H-pyrrole nitrogens is 1. The van der Waals surface area contributed by atoms with Crippen LogP contribution in [-0.4, -0.2) is 42.2 Å². The Morgan fingerprint density at radius 3 is 2.79 bits per heavy atom. The lowest BCUT2D eigenvalue weighted by Crippen LogP contribution is -2.36. The Morgan fingerprint density at radius 1 is 1.21 bits per heavy atom. The van der Waals surface area contributed by atoms with E-state index in [1.807, 2.05) is 12.1 Å². The zero-order valence-electron chi connectivity index (χ0n) is 16.0. The van der Waals surface area contributed by atoms with Gasteiger partial charge >= 0.3 is 0 Å². The first kappa shape index (κ1) is 18.3. The minimum absolute atomic E-state index is 0.0763. The van der Waals surface area contributed by atoms with Crippen LogP contribution in [0.25, 0.3) is 10.2 Å². The molecule has 3 aromatic rings. The monoisotopic (exact) mass is 410 g/mol. The van der Waals surface area contributed by atoms with Crippen LogP contribution in [0.1, 0.15) is 33.0 Å². The standard InChI is InChI=1S/C21H22N4O3S/c26-19-17-15-2-1-3-16(15)29-21(17)24-18(23-19)20(27)22-12-13-4-6-14(7-5-13)25-8-10-28-11-9-25/h4-7H,1-3,8-12H2,(H,22,27)(H,23,24,26). The van der Waals surface area contributed by atoms with Crippen LogP contribution in [0.4, 0.5) is 5.69 Å². The van der Waals surface area contributed by atoms with Crippen molar-refractivity contribution in [1.82, 2.24) is 15.3 Å². The number of carbonyl (C=O) groups is 1. The summed E-state index contributed by atoms with van der Waals surface area (Å²) in [5, 5.41) is 3.52. The second-order valence-electron chi connectivity index (χ2n) is 7.40. The molecule has 8 heteroatoms. The van der Waals surface area contributed by atoms with Gasteiger partial charge in [-0.05, 0) is 42.5 Å². The summed E-state index contributed by atoms with van der Waals surface area (Å²) in [7, 11) is 0. The SMILES string of the molecule is O=C(NCc1ccc(N2CCOCC2)cc1)c1nc2sc3c(c2c(=O)[nH]1)CCC3. The number of aromatic amines is 1. The summed E-state index contributed by atoms with van der Waals surface area (Å²) in [5.41, 5.74) is 3.06. The van der Waals surface area contributed by atoms with Gasteiger partial charge in [-0.25, -0.2) is 4.98 Å².